The fourth-order valence-corrected chi connectivity index (χ4v) is 1.54. The summed E-state index contributed by atoms with van der Waals surface area (Å²) < 4.78 is 25.3. The summed E-state index contributed by atoms with van der Waals surface area (Å²) in [7, 11) is 0. The number of nitrogens with zero attached hydrogens (tertiary/aromatic N) is 1. The first kappa shape index (κ1) is 11.0. The standard InChI is InChI=1S/C11H12F2N2O/c1-6-3-4-9(7(2)14-6)15-10(16)8-5-11(8,12)13/h3-4,8H,5H2,1-2H3,(H,15,16)/t8-/m1/s1. The minimum Gasteiger partial charge on any atom is -0.324 e. The Morgan fingerprint density at radius 3 is 2.62 bits per heavy atom. The number of alkyl halides is 2. The maximum atomic E-state index is 12.6. The highest BCUT2D eigenvalue weighted by molar-refractivity contribution is 5.95. The van der Waals surface area contributed by atoms with Crippen LogP contribution in [-0.4, -0.2) is 16.8 Å². The van der Waals surface area contributed by atoms with Gasteiger partial charge < -0.3 is 5.32 Å². The molecule has 1 aliphatic rings. The van der Waals surface area contributed by atoms with Crippen LogP contribution < -0.4 is 5.32 Å². The monoisotopic (exact) mass is 226 g/mol. The van der Waals surface area contributed by atoms with Gasteiger partial charge in [0, 0.05) is 12.1 Å². The van der Waals surface area contributed by atoms with Crippen LogP contribution in [0.3, 0.4) is 0 Å². The molecule has 0 aliphatic heterocycles. The Morgan fingerprint density at radius 2 is 2.12 bits per heavy atom. The van der Waals surface area contributed by atoms with E-state index < -0.39 is 17.7 Å². The number of carbonyl (C=O) groups is 1. The van der Waals surface area contributed by atoms with Gasteiger partial charge in [0.1, 0.15) is 5.92 Å². The Labute approximate surface area is 91.9 Å². The molecule has 0 aromatic carbocycles. The lowest BCUT2D eigenvalue weighted by Crippen LogP contribution is -2.18. The molecule has 1 aromatic heterocycles. The second-order valence-electron chi connectivity index (χ2n) is 4.09. The van der Waals surface area contributed by atoms with E-state index in [-0.39, 0.29) is 6.42 Å². The number of amides is 1. The maximum Gasteiger partial charge on any atom is 0.260 e. The summed E-state index contributed by atoms with van der Waals surface area (Å²) in [6, 6.07) is 3.41. The summed E-state index contributed by atoms with van der Waals surface area (Å²) in [6.45, 7) is 3.56. The molecule has 1 amide bonds. The molecule has 2 rings (SSSR count). The van der Waals surface area contributed by atoms with Gasteiger partial charge in [-0.25, -0.2) is 8.78 Å². The number of aromatic nitrogens is 1. The Hall–Kier alpha value is -1.52. The zero-order valence-electron chi connectivity index (χ0n) is 9.05. The molecule has 0 unspecified atom stereocenters. The van der Waals surface area contributed by atoms with Crippen LogP contribution in [0.1, 0.15) is 17.8 Å². The van der Waals surface area contributed by atoms with Crippen molar-refractivity contribution < 1.29 is 13.6 Å². The molecule has 86 valence electrons. The Balaban J connectivity index is 2.07. The number of rotatable bonds is 2. The van der Waals surface area contributed by atoms with Crippen molar-refractivity contribution in [3.05, 3.63) is 23.5 Å². The van der Waals surface area contributed by atoms with Gasteiger partial charge in [0.15, 0.2) is 0 Å². The number of hydrogen-bond acceptors (Lipinski definition) is 2. The van der Waals surface area contributed by atoms with E-state index in [4.69, 9.17) is 0 Å². The minimum atomic E-state index is -2.82. The van der Waals surface area contributed by atoms with Crippen molar-refractivity contribution in [2.45, 2.75) is 26.2 Å². The fraction of sp³-hybridized carbons (Fsp3) is 0.455. The van der Waals surface area contributed by atoms with E-state index >= 15 is 0 Å². The number of aryl methyl sites for hydroxylation is 2. The number of nitrogens with one attached hydrogen (secondary N) is 1. The quantitative estimate of drug-likeness (QED) is 0.840. The Bertz CT molecular complexity index is 446. The highest BCUT2D eigenvalue weighted by atomic mass is 19.3. The van der Waals surface area contributed by atoms with E-state index in [0.717, 1.165) is 5.69 Å². The normalized spacial score (nSPS) is 21.6. The smallest absolute Gasteiger partial charge is 0.260 e. The lowest BCUT2D eigenvalue weighted by molar-refractivity contribution is -0.119. The summed E-state index contributed by atoms with van der Waals surface area (Å²) in [5.74, 6) is -4.62. The van der Waals surface area contributed by atoms with Gasteiger partial charge in [-0.1, -0.05) is 0 Å². The van der Waals surface area contributed by atoms with E-state index in [2.05, 4.69) is 10.3 Å². The van der Waals surface area contributed by atoms with E-state index in [0.29, 0.717) is 11.4 Å². The molecule has 1 fully saturated rings. The van der Waals surface area contributed by atoms with Gasteiger partial charge in [-0.3, -0.25) is 9.78 Å². The van der Waals surface area contributed by atoms with Crippen molar-refractivity contribution in [1.29, 1.82) is 0 Å². The lowest BCUT2D eigenvalue weighted by Gasteiger charge is -2.07. The molecule has 1 aromatic rings. The van der Waals surface area contributed by atoms with Gasteiger partial charge in [-0.15, -0.1) is 0 Å². The van der Waals surface area contributed by atoms with Gasteiger partial charge in [0.25, 0.3) is 5.92 Å². The number of carbonyl (C=O) groups excluding carboxylic acids is 1. The van der Waals surface area contributed by atoms with Crippen molar-refractivity contribution in [1.82, 2.24) is 4.98 Å². The molecule has 1 N–H and O–H groups in total. The molecular formula is C11H12F2N2O. The lowest BCUT2D eigenvalue weighted by atomic mass is 10.2. The number of pyridine rings is 1. The topological polar surface area (TPSA) is 42.0 Å². The predicted molar refractivity (Wildman–Crippen MR) is 55.4 cm³/mol. The van der Waals surface area contributed by atoms with Crippen molar-refractivity contribution >= 4 is 11.6 Å². The summed E-state index contributed by atoms with van der Waals surface area (Å²) in [5.41, 5.74) is 1.96. The summed E-state index contributed by atoms with van der Waals surface area (Å²) in [4.78, 5) is 15.5. The van der Waals surface area contributed by atoms with Crippen LogP contribution >= 0.6 is 0 Å². The number of halogens is 2. The van der Waals surface area contributed by atoms with Gasteiger partial charge in [-0.2, -0.15) is 0 Å². The largest absolute Gasteiger partial charge is 0.324 e. The van der Waals surface area contributed by atoms with Crippen LogP contribution in [0.2, 0.25) is 0 Å². The van der Waals surface area contributed by atoms with E-state index in [1.165, 1.54) is 0 Å². The predicted octanol–water partition coefficient (Wildman–Crippen LogP) is 2.29. The molecule has 1 aliphatic carbocycles. The molecule has 16 heavy (non-hydrogen) atoms. The highest BCUT2D eigenvalue weighted by Crippen LogP contribution is 2.49. The van der Waals surface area contributed by atoms with Gasteiger partial charge in [-0.05, 0) is 26.0 Å². The average molecular weight is 226 g/mol. The summed E-state index contributed by atoms with van der Waals surface area (Å²) in [6.07, 6.45) is -0.350. The molecule has 0 spiro atoms. The molecule has 0 radical (unpaired) electrons. The maximum absolute atomic E-state index is 12.6. The molecule has 3 nitrogen and oxygen atoms in total. The highest BCUT2D eigenvalue weighted by Gasteiger charge is 2.61. The zero-order valence-corrected chi connectivity index (χ0v) is 9.05. The summed E-state index contributed by atoms with van der Waals surface area (Å²) >= 11 is 0. The Kier molecular flexibility index (Phi) is 2.40. The van der Waals surface area contributed by atoms with E-state index in [9.17, 15) is 13.6 Å². The van der Waals surface area contributed by atoms with Gasteiger partial charge >= 0.3 is 0 Å². The molecule has 1 heterocycles. The fourth-order valence-electron chi connectivity index (χ4n) is 1.54. The van der Waals surface area contributed by atoms with Gasteiger partial charge in [0.05, 0.1) is 11.4 Å². The van der Waals surface area contributed by atoms with Crippen LogP contribution in [0.4, 0.5) is 14.5 Å². The molecule has 5 heteroatoms. The van der Waals surface area contributed by atoms with Crippen molar-refractivity contribution in [2.24, 2.45) is 5.92 Å². The molecule has 0 saturated heterocycles. The SMILES string of the molecule is Cc1ccc(NC(=O)[C@H]2CC2(F)F)c(C)n1. The van der Waals surface area contributed by atoms with E-state index in [1.54, 1.807) is 19.1 Å². The molecule has 1 atom stereocenters. The van der Waals surface area contributed by atoms with Crippen molar-refractivity contribution in [3.8, 4) is 0 Å². The molecule has 1 saturated carbocycles. The second-order valence-corrected chi connectivity index (χ2v) is 4.09. The molecule has 0 bridgehead atoms. The first-order valence-corrected chi connectivity index (χ1v) is 5.03. The third-order valence-corrected chi connectivity index (χ3v) is 2.63. The minimum absolute atomic E-state index is 0.350. The van der Waals surface area contributed by atoms with Crippen LogP contribution in [0.25, 0.3) is 0 Å². The van der Waals surface area contributed by atoms with Crippen molar-refractivity contribution in [2.75, 3.05) is 5.32 Å². The van der Waals surface area contributed by atoms with Crippen LogP contribution in [0.15, 0.2) is 12.1 Å². The Morgan fingerprint density at radius 1 is 1.50 bits per heavy atom. The van der Waals surface area contributed by atoms with Crippen LogP contribution in [0.5, 0.6) is 0 Å². The van der Waals surface area contributed by atoms with Crippen LogP contribution in [-0.2, 0) is 4.79 Å². The van der Waals surface area contributed by atoms with Gasteiger partial charge in [0.2, 0.25) is 5.91 Å². The van der Waals surface area contributed by atoms with Crippen LogP contribution in [0, 0.1) is 19.8 Å². The number of hydrogen-bond donors (Lipinski definition) is 1. The summed E-state index contributed by atoms with van der Waals surface area (Å²) in [5, 5.41) is 2.47. The first-order valence-electron chi connectivity index (χ1n) is 5.03. The molecular weight excluding hydrogens is 214 g/mol. The zero-order chi connectivity index (χ0) is 11.9. The third kappa shape index (κ3) is 2.03. The van der Waals surface area contributed by atoms with E-state index in [1.807, 2.05) is 6.92 Å². The third-order valence-electron chi connectivity index (χ3n) is 2.63. The number of anilines is 1. The second kappa shape index (κ2) is 3.50. The first-order chi connectivity index (χ1) is 7.40. The van der Waals surface area contributed by atoms with Crippen molar-refractivity contribution in [3.63, 3.8) is 0 Å². The average Bonchev–Trinajstić information content (AvgIpc) is 2.80.